The highest BCUT2D eigenvalue weighted by atomic mass is 16.5. The summed E-state index contributed by atoms with van der Waals surface area (Å²) in [5.41, 5.74) is 1.94. The van der Waals surface area contributed by atoms with Gasteiger partial charge in [0.15, 0.2) is 11.5 Å². The van der Waals surface area contributed by atoms with Gasteiger partial charge in [-0.1, -0.05) is 24.3 Å². The number of fused-ring (bicyclic) bond motifs is 1. The van der Waals surface area contributed by atoms with Crippen molar-refractivity contribution in [1.29, 1.82) is 0 Å². The normalized spacial score (nSPS) is 11.2. The Morgan fingerprint density at radius 1 is 0.943 bits per heavy atom. The summed E-state index contributed by atoms with van der Waals surface area (Å²) in [7, 11) is 4.41. The Balaban J connectivity index is 1.61. The number of benzene rings is 3. The smallest absolute Gasteiger partial charge is 0.274 e. The molecule has 4 rings (SSSR count). The molecule has 0 aliphatic rings. The number of para-hydroxylation sites is 2. The molecule has 4 aromatic rings. The minimum Gasteiger partial charge on any atom is -0.507 e. The number of carbonyl (C=O) groups is 1. The molecule has 0 saturated heterocycles. The van der Waals surface area contributed by atoms with Crippen LogP contribution >= 0.6 is 0 Å². The highest BCUT2D eigenvalue weighted by Gasteiger charge is 2.17. The molecule has 0 spiro atoms. The number of rotatable bonds is 7. The molecule has 0 fully saturated rings. The number of nitrogens with zero attached hydrogens (tertiary/aromatic N) is 1. The lowest BCUT2D eigenvalue weighted by molar-refractivity contribution is 0.102. The molecule has 0 radical (unpaired) electrons. The number of hydrogen-bond acceptors (Lipinski definition) is 7. The van der Waals surface area contributed by atoms with Gasteiger partial charge in [-0.25, -0.2) is 4.98 Å². The fourth-order valence-electron chi connectivity index (χ4n) is 3.53. The quantitative estimate of drug-likeness (QED) is 0.343. The zero-order valence-corrected chi connectivity index (χ0v) is 19.3. The van der Waals surface area contributed by atoms with E-state index in [1.54, 1.807) is 48.5 Å². The Labute approximate surface area is 200 Å². The number of nitrogens with one attached hydrogen (secondary N) is 2. The summed E-state index contributed by atoms with van der Waals surface area (Å²) in [6.45, 7) is 0. The van der Waals surface area contributed by atoms with Crippen molar-refractivity contribution in [2.75, 3.05) is 26.6 Å². The van der Waals surface area contributed by atoms with Crippen molar-refractivity contribution in [1.82, 2.24) is 9.97 Å². The van der Waals surface area contributed by atoms with E-state index in [9.17, 15) is 14.7 Å². The fourth-order valence-corrected chi connectivity index (χ4v) is 3.53. The maximum absolute atomic E-state index is 12.9. The third-order valence-corrected chi connectivity index (χ3v) is 5.24. The van der Waals surface area contributed by atoms with Crippen LogP contribution in [0.25, 0.3) is 22.9 Å². The number of hydrogen-bond donors (Lipinski definition) is 3. The van der Waals surface area contributed by atoms with Gasteiger partial charge in [0.25, 0.3) is 11.5 Å². The number of aliphatic hydroxyl groups excluding tert-OH is 1. The van der Waals surface area contributed by atoms with Crippen LogP contribution in [0.4, 0.5) is 5.69 Å². The van der Waals surface area contributed by atoms with Gasteiger partial charge in [-0.2, -0.15) is 0 Å². The Hall–Kier alpha value is -4.79. The first-order valence-electron chi connectivity index (χ1n) is 10.5. The van der Waals surface area contributed by atoms with Gasteiger partial charge in [-0.05, 0) is 36.4 Å². The molecule has 0 aliphatic carbocycles. The second-order valence-corrected chi connectivity index (χ2v) is 7.45. The van der Waals surface area contributed by atoms with Crippen molar-refractivity contribution in [3.63, 3.8) is 0 Å². The fraction of sp³-hybridized carbons (Fsp3) is 0.115. The van der Waals surface area contributed by atoms with Crippen LogP contribution in [-0.2, 0) is 0 Å². The monoisotopic (exact) mass is 473 g/mol. The van der Waals surface area contributed by atoms with E-state index in [0.29, 0.717) is 39.5 Å². The number of aromatic nitrogens is 2. The third-order valence-electron chi connectivity index (χ3n) is 5.24. The van der Waals surface area contributed by atoms with Crippen LogP contribution in [-0.4, -0.2) is 42.3 Å². The summed E-state index contributed by atoms with van der Waals surface area (Å²) in [5, 5.41) is 13.4. The molecule has 0 unspecified atom stereocenters. The molecular weight excluding hydrogens is 450 g/mol. The number of ether oxygens (including phenoxy) is 3. The van der Waals surface area contributed by atoms with Crippen LogP contribution in [0.3, 0.4) is 0 Å². The molecule has 0 saturated carbocycles. The molecule has 9 nitrogen and oxygen atoms in total. The number of H-pyrrole nitrogens is 1. The zero-order chi connectivity index (χ0) is 24.9. The molecule has 3 N–H and O–H groups in total. The maximum Gasteiger partial charge on any atom is 0.274 e. The van der Waals surface area contributed by atoms with E-state index in [2.05, 4.69) is 15.3 Å². The molecule has 1 amide bonds. The Morgan fingerprint density at radius 3 is 2.34 bits per heavy atom. The molecule has 3 aromatic carbocycles. The summed E-state index contributed by atoms with van der Waals surface area (Å²) < 4.78 is 15.9. The van der Waals surface area contributed by atoms with Crippen molar-refractivity contribution < 1.29 is 24.1 Å². The molecular formula is C26H23N3O6. The minimum atomic E-state index is -0.429. The van der Waals surface area contributed by atoms with Crippen LogP contribution < -0.4 is 25.1 Å². The average Bonchev–Trinajstić information content (AvgIpc) is 2.88. The Morgan fingerprint density at radius 2 is 1.66 bits per heavy atom. The summed E-state index contributed by atoms with van der Waals surface area (Å²) >= 11 is 0. The van der Waals surface area contributed by atoms with Crippen LogP contribution in [0.15, 0.2) is 65.5 Å². The highest BCUT2D eigenvalue weighted by Crippen LogP contribution is 2.38. The summed E-state index contributed by atoms with van der Waals surface area (Å²) in [6, 6.07) is 16.8. The van der Waals surface area contributed by atoms with Gasteiger partial charge < -0.3 is 29.6 Å². The predicted molar refractivity (Wildman–Crippen MR) is 133 cm³/mol. The van der Waals surface area contributed by atoms with Crippen molar-refractivity contribution >= 4 is 34.5 Å². The number of aliphatic hydroxyl groups is 1. The van der Waals surface area contributed by atoms with E-state index in [0.717, 1.165) is 0 Å². The molecule has 178 valence electrons. The van der Waals surface area contributed by atoms with Gasteiger partial charge in [0.1, 0.15) is 11.5 Å². The van der Waals surface area contributed by atoms with Crippen molar-refractivity contribution in [2.45, 2.75) is 0 Å². The lowest BCUT2D eigenvalue weighted by Gasteiger charge is -2.14. The topological polar surface area (TPSA) is 123 Å². The Kier molecular flexibility index (Phi) is 6.68. The van der Waals surface area contributed by atoms with E-state index in [1.165, 1.54) is 39.5 Å². The molecule has 0 bridgehead atoms. The molecule has 0 atom stereocenters. The van der Waals surface area contributed by atoms with Gasteiger partial charge in [0.2, 0.25) is 5.75 Å². The second-order valence-electron chi connectivity index (χ2n) is 7.45. The minimum absolute atomic E-state index is 0.0630. The number of amides is 1. The van der Waals surface area contributed by atoms with Crippen LogP contribution in [0.2, 0.25) is 0 Å². The number of methoxy groups -OCH3 is 3. The predicted octanol–water partition coefficient (Wildman–Crippen LogP) is 4.26. The van der Waals surface area contributed by atoms with E-state index >= 15 is 0 Å². The first kappa shape index (κ1) is 23.4. The van der Waals surface area contributed by atoms with E-state index < -0.39 is 11.5 Å². The number of anilines is 1. The van der Waals surface area contributed by atoms with Gasteiger partial charge >= 0.3 is 0 Å². The third kappa shape index (κ3) is 4.93. The van der Waals surface area contributed by atoms with Crippen molar-refractivity contribution in [3.05, 3.63) is 87.8 Å². The Bertz CT molecular complexity index is 1470. The van der Waals surface area contributed by atoms with Gasteiger partial charge in [0.05, 0.1) is 32.4 Å². The lowest BCUT2D eigenvalue weighted by Crippen LogP contribution is -2.13. The SMILES string of the molecule is COc1cc(C(=O)Nc2cccc(/C(O)=C\c3nc4ccccc4[nH]c3=O)c2)cc(OC)c1OC. The first-order valence-corrected chi connectivity index (χ1v) is 10.5. The highest BCUT2D eigenvalue weighted by molar-refractivity contribution is 6.05. The first-order chi connectivity index (χ1) is 16.9. The number of aromatic amines is 1. The molecule has 1 aromatic heterocycles. The maximum atomic E-state index is 12.9. The van der Waals surface area contributed by atoms with Crippen molar-refractivity contribution in [2.24, 2.45) is 0 Å². The summed E-state index contributed by atoms with van der Waals surface area (Å²) in [6.07, 6.45) is 1.28. The molecule has 35 heavy (non-hydrogen) atoms. The van der Waals surface area contributed by atoms with Crippen LogP contribution in [0.1, 0.15) is 21.6 Å². The van der Waals surface area contributed by atoms with E-state index in [-0.39, 0.29) is 17.0 Å². The van der Waals surface area contributed by atoms with Crippen molar-refractivity contribution in [3.8, 4) is 17.2 Å². The largest absolute Gasteiger partial charge is 0.507 e. The number of carbonyl (C=O) groups excluding carboxylic acids is 1. The van der Waals surface area contributed by atoms with Gasteiger partial charge in [-0.15, -0.1) is 0 Å². The van der Waals surface area contributed by atoms with Crippen LogP contribution in [0.5, 0.6) is 17.2 Å². The van der Waals surface area contributed by atoms with Crippen LogP contribution in [0, 0.1) is 0 Å². The van der Waals surface area contributed by atoms with Gasteiger partial charge in [-0.3, -0.25) is 9.59 Å². The van der Waals surface area contributed by atoms with Gasteiger partial charge in [0, 0.05) is 22.9 Å². The summed E-state index contributed by atoms with van der Waals surface area (Å²) in [5.74, 6) is 0.472. The lowest BCUT2D eigenvalue weighted by atomic mass is 10.1. The standard InChI is InChI=1S/C26H23N3O6/c1-33-22-12-16(13-23(34-2)24(22)35-3)25(31)27-17-8-6-7-15(11-17)21(30)14-20-26(32)29-19-10-5-4-9-18(19)28-20/h4-14,30H,1-3H3,(H,27,31)(H,29,32)/b21-14+. The molecule has 0 aliphatic heterocycles. The zero-order valence-electron chi connectivity index (χ0n) is 19.3. The summed E-state index contributed by atoms with van der Waals surface area (Å²) in [4.78, 5) is 32.3. The second kappa shape index (κ2) is 10.0. The molecule has 9 heteroatoms. The van der Waals surface area contributed by atoms with E-state index in [4.69, 9.17) is 14.2 Å². The molecule has 1 heterocycles. The van der Waals surface area contributed by atoms with E-state index in [1.807, 2.05) is 0 Å². The average molecular weight is 473 g/mol.